The molecule has 0 amide bonds. The molecule has 3 rings (SSSR count). The molecular formula is C15H13FN2. The van der Waals surface area contributed by atoms with Gasteiger partial charge < -0.3 is 4.40 Å². The lowest BCUT2D eigenvalue weighted by Crippen LogP contribution is -1.89. The molecule has 2 heterocycles. The molecule has 0 aliphatic heterocycles. The molecule has 0 aliphatic carbocycles. The van der Waals surface area contributed by atoms with Crippen molar-refractivity contribution in [1.82, 2.24) is 9.38 Å². The van der Waals surface area contributed by atoms with Crippen molar-refractivity contribution < 1.29 is 4.39 Å². The monoisotopic (exact) mass is 240 g/mol. The highest BCUT2D eigenvalue weighted by molar-refractivity contribution is 5.67. The molecular weight excluding hydrogens is 227 g/mol. The third-order valence-electron chi connectivity index (χ3n) is 3.15. The number of fused-ring (bicyclic) bond motifs is 1. The van der Waals surface area contributed by atoms with Crippen LogP contribution in [-0.2, 0) is 0 Å². The van der Waals surface area contributed by atoms with Crippen LogP contribution in [0.15, 0.2) is 42.6 Å². The van der Waals surface area contributed by atoms with Crippen LogP contribution in [0, 0.1) is 19.7 Å². The Bertz CT molecular complexity index is 728. The van der Waals surface area contributed by atoms with E-state index in [0.29, 0.717) is 11.3 Å². The molecule has 0 atom stereocenters. The van der Waals surface area contributed by atoms with Crippen molar-refractivity contribution in [3.63, 3.8) is 0 Å². The van der Waals surface area contributed by atoms with E-state index in [1.165, 1.54) is 6.07 Å². The number of halogens is 1. The van der Waals surface area contributed by atoms with Crippen molar-refractivity contribution in [1.29, 1.82) is 0 Å². The molecule has 0 bridgehead atoms. The Balaban J connectivity index is 2.31. The summed E-state index contributed by atoms with van der Waals surface area (Å²) in [7, 11) is 0. The zero-order chi connectivity index (χ0) is 12.7. The lowest BCUT2D eigenvalue weighted by atomic mass is 10.1. The number of benzene rings is 1. The SMILES string of the molecule is Cc1ccn2c(C)c(-c3ccccc3F)nc2c1. The number of hydrogen-bond acceptors (Lipinski definition) is 1. The van der Waals surface area contributed by atoms with Gasteiger partial charge in [-0.3, -0.25) is 0 Å². The third kappa shape index (κ3) is 1.59. The molecule has 0 radical (unpaired) electrons. The molecule has 0 N–H and O–H groups in total. The Hall–Kier alpha value is -2.16. The van der Waals surface area contributed by atoms with Gasteiger partial charge in [-0.1, -0.05) is 12.1 Å². The topological polar surface area (TPSA) is 17.3 Å². The van der Waals surface area contributed by atoms with E-state index in [1.54, 1.807) is 12.1 Å². The van der Waals surface area contributed by atoms with Crippen molar-refractivity contribution in [3.05, 3.63) is 59.7 Å². The Labute approximate surface area is 105 Å². The highest BCUT2D eigenvalue weighted by atomic mass is 19.1. The highest BCUT2D eigenvalue weighted by Gasteiger charge is 2.13. The van der Waals surface area contributed by atoms with Gasteiger partial charge in [-0.05, 0) is 43.7 Å². The zero-order valence-electron chi connectivity index (χ0n) is 10.3. The predicted molar refractivity (Wildman–Crippen MR) is 70.1 cm³/mol. The second-order valence-corrected chi connectivity index (χ2v) is 4.46. The van der Waals surface area contributed by atoms with Crippen molar-refractivity contribution >= 4 is 5.65 Å². The van der Waals surface area contributed by atoms with Gasteiger partial charge in [0.25, 0.3) is 0 Å². The van der Waals surface area contributed by atoms with Gasteiger partial charge in [0.2, 0.25) is 0 Å². The average Bonchev–Trinajstić information content (AvgIpc) is 2.67. The van der Waals surface area contributed by atoms with Gasteiger partial charge in [0.1, 0.15) is 11.5 Å². The molecule has 2 aromatic heterocycles. The fraction of sp³-hybridized carbons (Fsp3) is 0.133. The van der Waals surface area contributed by atoms with E-state index >= 15 is 0 Å². The summed E-state index contributed by atoms with van der Waals surface area (Å²) in [5.74, 6) is -0.235. The zero-order valence-corrected chi connectivity index (χ0v) is 10.3. The van der Waals surface area contributed by atoms with Gasteiger partial charge in [0.15, 0.2) is 0 Å². The summed E-state index contributed by atoms with van der Waals surface area (Å²) in [4.78, 5) is 4.53. The van der Waals surface area contributed by atoms with Crippen LogP contribution < -0.4 is 0 Å². The van der Waals surface area contributed by atoms with Crippen molar-refractivity contribution in [2.75, 3.05) is 0 Å². The fourth-order valence-electron chi connectivity index (χ4n) is 2.18. The molecule has 1 aromatic carbocycles. The van der Waals surface area contributed by atoms with Crippen LogP contribution >= 0.6 is 0 Å². The van der Waals surface area contributed by atoms with E-state index in [1.807, 2.05) is 42.6 Å². The van der Waals surface area contributed by atoms with Crippen molar-refractivity contribution in [3.8, 4) is 11.3 Å². The summed E-state index contributed by atoms with van der Waals surface area (Å²) >= 11 is 0. The summed E-state index contributed by atoms with van der Waals surface area (Å²) in [6, 6.07) is 10.8. The molecule has 0 saturated carbocycles. The molecule has 0 spiro atoms. The number of pyridine rings is 1. The number of imidazole rings is 1. The minimum atomic E-state index is -0.235. The van der Waals surface area contributed by atoms with Gasteiger partial charge >= 0.3 is 0 Å². The van der Waals surface area contributed by atoms with Gasteiger partial charge in [-0.25, -0.2) is 9.37 Å². The highest BCUT2D eigenvalue weighted by Crippen LogP contribution is 2.26. The Morgan fingerprint density at radius 3 is 2.67 bits per heavy atom. The van der Waals surface area contributed by atoms with E-state index in [4.69, 9.17) is 0 Å². The normalized spacial score (nSPS) is 11.1. The maximum absolute atomic E-state index is 13.8. The number of rotatable bonds is 1. The number of aryl methyl sites for hydroxylation is 2. The predicted octanol–water partition coefficient (Wildman–Crippen LogP) is 3.76. The summed E-state index contributed by atoms with van der Waals surface area (Å²) < 4.78 is 15.8. The molecule has 0 unspecified atom stereocenters. The van der Waals surface area contributed by atoms with Crippen LogP contribution in [0.2, 0.25) is 0 Å². The van der Waals surface area contributed by atoms with Gasteiger partial charge in [0, 0.05) is 17.5 Å². The molecule has 0 saturated heterocycles. The van der Waals surface area contributed by atoms with Gasteiger partial charge in [-0.2, -0.15) is 0 Å². The minimum absolute atomic E-state index is 0.235. The van der Waals surface area contributed by atoms with Crippen LogP contribution in [0.4, 0.5) is 4.39 Å². The van der Waals surface area contributed by atoms with E-state index in [2.05, 4.69) is 4.98 Å². The van der Waals surface area contributed by atoms with Crippen molar-refractivity contribution in [2.45, 2.75) is 13.8 Å². The Kier molecular flexibility index (Phi) is 2.40. The van der Waals surface area contributed by atoms with E-state index in [9.17, 15) is 4.39 Å². The molecule has 18 heavy (non-hydrogen) atoms. The molecule has 3 aromatic rings. The Morgan fingerprint density at radius 2 is 1.89 bits per heavy atom. The smallest absolute Gasteiger partial charge is 0.137 e. The maximum atomic E-state index is 13.8. The molecule has 90 valence electrons. The van der Waals surface area contributed by atoms with E-state index < -0.39 is 0 Å². The van der Waals surface area contributed by atoms with E-state index in [0.717, 1.165) is 16.9 Å². The van der Waals surface area contributed by atoms with Crippen LogP contribution in [-0.4, -0.2) is 9.38 Å². The third-order valence-corrected chi connectivity index (χ3v) is 3.15. The fourth-order valence-corrected chi connectivity index (χ4v) is 2.18. The lowest BCUT2D eigenvalue weighted by molar-refractivity contribution is 0.630. The molecule has 3 heteroatoms. The maximum Gasteiger partial charge on any atom is 0.137 e. The first kappa shape index (κ1) is 11.0. The number of hydrogen-bond donors (Lipinski definition) is 0. The Morgan fingerprint density at radius 1 is 1.11 bits per heavy atom. The van der Waals surface area contributed by atoms with Crippen LogP contribution in [0.25, 0.3) is 16.9 Å². The molecule has 0 aliphatic rings. The van der Waals surface area contributed by atoms with E-state index in [-0.39, 0.29) is 5.82 Å². The summed E-state index contributed by atoms with van der Waals surface area (Å²) in [6.45, 7) is 3.98. The number of nitrogens with zero attached hydrogens (tertiary/aromatic N) is 2. The first-order chi connectivity index (χ1) is 8.66. The lowest BCUT2D eigenvalue weighted by Gasteiger charge is -2.00. The average molecular weight is 240 g/mol. The van der Waals surface area contributed by atoms with Crippen LogP contribution in [0.5, 0.6) is 0 Å². The molecule has 2 nitrogen and oxygen atoms in total. The van der Waals surface area contributed by atoms with Gasteiger partial charge in [0.05, 0.1) is 5.69 Å². The van der Waals surface area contributed by atoms with Crippen LogP contribution in [0.3, 0.4) is 0 Å². The first-order valence-corrected chi connectivity index (χ1v) is 5.87. The summed E-state index contributed by atoms with van der Waals surface area (Å²) in [5, 5.41) is 0. The first-order valence-electron chi connectivity index (χ1n) is 5.87. The molecule has 0 fully saturated rings. The van der Waals surface area contributed by atoms with Crippen LogP contribution in [0.1, 0.15) is 11.3 Å². The standard InChI is InChI=1S/C15H13FN2/c1-10-7-8-18-11(2)15(17-14(18)9-10)12-5-3-4-6-13(12)16/h3-9H,1-2H3. The summed E-state index contributed by atoms with van der Waals surface area (Å²) in [5.41, 5.74) is 4.21. The van der Waals surface area contributed by atoms with Crippen molar-refractivity contribution in [2.24, 2.45) is 0 Å². The second kappa shape index (κ2) is 3.95. The summed E-state index contributed by atoms with van der Waals surface area (Å²) in [6.07, 6.45) is 1.97. The van der Waals surface area contributed by atoms with Gasteiger partial charge in [-0.15, -0.1) is 0 Å². The quantitative estimate of drug-likeness (QED) is 0.633. The second-order valence-electron chi connectivity index (χ2n) is 4.46. The minimum Gasteiger partial charge on any atom is -0.304 e. The number of aromatic nitrogens is 2. The largest absolute Gasteiger partial charge is 0.304 e.